The van der Waals surface area contributed by atoms with E-state index in [2.05, 4.69) is 4.18 Å². The first kappa shape index (κ1) is 8.96. The molecule has 0 heterocycles. The molecule has 0 atom stereocenters. The minimum atomic E-state index is -4.75. The quantitative estimate of drug-likeness (QED) is 0.462. The highest BCUT2D eigenvalue weighted by atomic mass is 32.2. The second kappa shape index (κ2) is 3.21. The highest BCUT2D eigenvalue weighted by Crippen LogP contribution is 2.32. The summed E-state index contributed by atoms with van der Waals surface area (Å²) in [5, 5.41) is 0. The van der Waals surface area contributed by atoms with Crippen LogP contribution in [0.15, 0.2) is 0 Å². The fraction of sp³-hybridized carbons (Fsp3) is 1.00. The van der Waals surface area contributed by atoms with Crippen LogP contribution in [-0.2, 0) is 4.18 Å². The number of alkyl halides is 5. The molecule has 1 nitrogen and oxygen atoms in total. The Hall–Kier alpha value is -0.0400. The second-order valence-corrected chi connectivity index (χ2v) is 1.71. The van der Waals surface area contributed by atoms with Crippen LogP contribution in [0.25, 0.3) is 0 Å². The van der Waals surface area contributed by atoms with E-state index in [1.54, 1.807) is 0 Å². The van der Waals surface area contributed by atoms with Crippen LogP contribution >= 0.6 is 12.0 Å². The van der Waals surface area contributed by atoms with Crippen molar-refractivity contribution in [3.8, 4) is 0 Å². The monoisotopic (exact) mass is 168 g/mol. The van der Waals surface area contributed by atoms with Crippen molar-refractivity contribution >= 4 is 12.0 Å². The lowest BCUT2D eigenvalue weighted by atomic mass is 11.5. The number of halogens is 5. The zero-order valence-corrected chi connectivity index (χ0v) is 4.60. The predicted octanol–water partition coefficient (Wildman–Crippen LogP) is 2.39. The largest absolute Gasteiger partial charge is 0.468 e. The number of hydrogen-bond acceptors (Lipinski definition) is 2. The van der Waals surface area contributed by atoms with Gasteiger partial charge < -0.3 is 0 Å². The summed E-state index contributed by atoms with van der Waals surface area (Å²) in [5.74, 6) is 0. The molecule has 0 aliphatic rings. The molecule has 0 aromatic heterocycles. The van der Waals surface area contributed by atoms with Gasteiger partial charge in [0, 0.05) is 0 Å². The van der Waals surface area contributed by atoms with E-state index in [-0.39, 0.29) is 0 Å². The summed E-state index contributed by atoms with van der Waals surface area (Å²) < 4.78 is 57.3. The van der Waals surface area contributed by atoms with Gasteiger partial charge in [0.2, 0.25) is 0 Å². The molecule has 0 aliphatic carbocycles. The Morgan fingerprint density at radius 3 is 1.78 bits per heavy atom. The Kier molecular flexibility index (Phi) is 3.20. The lowest BCUT2D eigenvalue weighted by molar-refractivity contribution is -0.0724. The normalized spacial score (nSPS) is 12.7. The third-order valence-corrected chi connectivity index (χ3v) is 0.646. The van der Waals surface area contributed by atoms with Crippen molar-refractivity contribution in [2.24, 2.45) is 0 Å². The van der Waals surface area contributed by atoms with E-state index in [0.717, 1.165) is 0 Å². The highest BCUT2D eigenvalue weighted by Gasteiger charge is 2.31. The minimum Gasteiger partial charge on any atom is -0.242 e. The van der Waals surface area contributed by atoms with Gasteiger partial charge in [-0.25, -0.2) is 4.18 Å². The van der Waals surface area contributed by atoms with Crippen molar-refractivity contribution in [1.82, 2.24) is 0 Å². The van der Waals surface area contributed by atoms with Gasteiger partial charge in [-0.15, -0.1) is 0 Å². The standard InChI is InChI=1S/C2HF5OS/c3-1(4)8-9-2(5,6)7/h1H. The molecule has 0 aliphatic heterocycles. The number of rotatable bonds is 2. The Labute approximate surface area is 51.4 Å². The molecule has 56 valence electrons. The molecular weight excluding hydrogens is 167 g/mol. The molecule has 0 bridgehead atoms. The average molecular weight is 168 g/mol. The van der Waals surface area contributed by atoms with Crippen molar-refractivity contribution in [2.75, 3.05) is 0 Å². The van der Waals surface area contributed by atoms with E-state index in [0.29, 0.717) is 0 Å². The SMILES string of the molecule is FC(F)OSC(F)(F)F. The lowest BCUT2D eigenvalue weighted by Gasteiger charge is -2.02. The molecule has 0 fully saturated rings. The van der Waals surface area contributed by atoms with Gasteiger partial charge in [0.25, 0.3) is 0 Å². The lowest BCUT2D eigenvalue weighted by Crippen LogP contribution is -2.03. The summed E-state index contributed by atoms with van der Waals surface area (Å²) in [4.78, 5) is 0. The van der Waals surface area contributed by atoms with E-state index in [1.807, 2.05) is 0 Å². The fourth-order valence-electron chi connectivity index (χ4n) is 0.0909. The first-order valence-corrected chi connectivity index (χ1v) is 2.35. The van der Waals surface area contributed by atoms with Crippen LogP contribution in [0.2, 0.25) is 0 Å². The maximum absolute atomic E-state index is 10.9. The van der Waals surface area contributed by atoms with Crippen LogP contribution in [0.5, 0.6) is 0 Å². The van der Waals surface area contributed by atoms with Crippen molar-refractivity contribution in [1.29, 1.82) is 0 Å². The molecule has 0 N–H and O–H groups in total. The molecule has 0 unspecified atom stereocenters. The van der Waals surface area contributed by atoms with Gasteiger partial charge >= 0.3 is 12.1 Å². The molecule has 0 radical (unpaired) electrons. The van der Waals surface area contributed by atoms with E-state index in [1.165, 1.54) is 0 Å². The van der Waals surface area contributed by atoms with E-state index in [4.69, 9.17) is 0 Å². The van der Waals surface area contributed by atoms with Crippen LogP contribution in [0.1, 0.15) is 0 Å². The van der Waals surface area contributed by atoms with Gasteiger partial charge in [0.05, 0.1) is 0 Å². The van der Waals surface area contributed by atoms with Gasteiger partial charge in [-0.05, 0) is 0 Å². The zero-order valence-electron chi connectivity index (χ0n) is 3.78. The van der Waals surface area contributed by atoms with E-state index < -0.39 is 24.2 Å². The Balaban J connectivity index is 3.28. The van der Waals surface area contributed by atoms with Crippen molar-refractivity contribution in [3.05, 3.63) is 0 Å². The van der Waals surface area contributed by atoms with Crippen LogP contribution in [0, 0.1) is 0 Å². The van der Waals surface area contributed by atoms with Gasteiger partial charge in [-0.1, -0.05) is 0 Å². The first-order valence-electron chi connectivity index (χ1n) is 1.61. The summed E-state index contributed by atoms with van der Waals surface area (Å²) in [6.45, 7) is -3.39. The van der Waals surface area contributed by atoms with Gasteiger partial charge in [-0.2, -0.15) is 22.0 Å². The predicted molar refractivity (Wildman–Crippen MR) is 20.7 cm³/mol. The third-order valence-electron chi connectivity index (χ3n) is 0.215. The zero-order chi connectivity index (χ0) is 7.49. The molecule has 0 rings (SSSR count). The maximum Gasteiger partial charge on any atom is 0.468 e. The third kappa shape index (κ3) is 7.96. The molecule has 7 heteroatoms. The summed E-state index contributed by atoms with van der Waals surface area (Å²) in [5.41, 5.74) is -4.75. The fourth-order valence-corrected chi connectivity index (χ4v) is 0.273. The summed E-state index contributed by atoms with van der Waals surface area (Å²) >= 11 is -1.21. The van der Waals surface area contributed by atoms with Crippen molar-refractivity contribution in [2.45, 2.75) is 12.1 Å². The molecule has 0 saturated heterocycles. The number of hydrogen-bond donors (Lipinski definition) is 0. The molecule has 0 aromatic carbocycles. The highest BCUT2D eigenvalue weighted by molar-refractivity contribution is 7.95. The summed E-state index contributed by atoms with van der Waals surface area (Å²) in [6, 6.07) is 0. The molecule has 0 spiro atoms. The van der Waals surface area contributed by atoms with Crippen molar-refractivity contribution in [3.63, 3.8) is 0 Å². The Morgan fingerprint density at radius 2 is 1.67 bits per heavy atom. The Morgan fingerprint density at radius 1 is 1.22 bits per heavy atom. The molecule has 0 aromatic rings. The summed E-state index contributed by atoms with van der Waals surface area (Å²) in [7, 11) is 0. The maximum atomic E-state index is 10.9. The average Bonchev–Trinajstić information content (AvgIpc) is 1.59. The molecule has 9 heavy (non-hydrogen) atoms. The molecule has 0 amide bonds. The Bertz CT molecular complexity index is 79.5. The van der Waals surface area contributed by atoms with Gasteiger partial charge in [0.15, 0.2) is 0 Å². The van der Waals surface area contributed by atoms with Crippen LogP contribution in [0.3, 0.4) is 0 Å². The summed E-state index contributed by atoms with van der Waals surface area (Å²) in [6.07, 6.45) is 0. The van der Waals surface area contributed by atoms with Crippen molar-refractivity contribution < 1.29 is 26.1 Å². The van der Waals surface area contributed by atoms with E-state index in [9.17, 15) is 22.0 Å². The first-order chi connectivity index (χ1) is 3.92. The van der Waals surface area contributed by atoms with Crippen LogP contribution < -0.4 is 0 Å². The van der Waals surface area contributed by atoms with Crippen LogP contribution in [-0.4, -0.2) is 12.1 Å². The molecule has 0 saturated carbocycles. The van der Waals surface area contributed by atoms with Gasteiger partial charge in [-0.3, -0.25) is 0 Å². The smallest absolute Gasteiger partial charge is 0.242 e. The van der Waals surface area contributed by atoms with E-state index >= 15 is 0 Å². The van der Waals surface area contributed by atoms with Gasteiger partial charge in [0.1, 0.15) is 12.0 Å². The topological polar surface area (TPSA) is 9.23 Å². The minimum absolute atomic E-state index is 1.21. The van der Waals surface area contributed by atoms with Crippen LogP contribution in [0.4, 0.5) is 22.0 Å². The molecular formula is C2HF5OS. The second-order valence-electron chi connectivity index (χ2n) is 0.886.